The molecule has 2 aromatic rings. The predicted octanol–water partition coefficient (Wildman–Crippen LogP) is 1.98. The maximum atomic E-state index is 11.3. The van der Waals surface area contributed by atoms with Crippen molar-refractivity contribution < 1.29 is 9.53 Å². The molecule has 0 radical (unpaired) electrons. The lowest BCUT2D eigenvalue weighted by molar-refractivity contribution is 0.0949. The quantitative estimate of drug-likeness (QED) is 0.502. The molecule has 0 saturated heterocycles. The number of aryl methyl sites for hydroxylation is 2. The maximum absolute atomic E-state index is 11.3. The highest BCUT2D eigenvalue weighted by Crippen LogP contribution is 2.19. The standard InChI is InChI=1S/C14H17N3O2S/c1-9-3-4-10(2)12(7-9)19-6-5-13-16-11(8-20-13)14(18)17-15/h3-4,7-8H,5-6,15H2,1-2H3,(H,17,18). The second-order valence-corrected chi connectivity index (χ2v) is 5.41. The summed E-state index contributed by atoms with van der Waals surface area (Å²) in [6, 6.07) is 6.11. The smallest absolute Gasteiger partial charge is 0.284 e. The summed E-state index contributed by atoms with van der Waals surface area (Å²) < 4.78 is 5.76. The average molecular weight is 291 g/mol. The van der Waals surface area contributed by atoms with Crippen molar-refractivity contribution in [2.24, 2.45) is 5.84 Å². The first-order valence-corrected chi connectivity index (χ1v) is 7.13. The maximum Gasteiger partial charge on any atom is 0.284 e. The van der Waals surface area contributed by atoms with Crippen molar-refractivity contribution in [2.75, 3.05) is 6.61 Å². The Morgan fingerprint density at radius 3 is 3.00 bits per heavy atom. The van der Waals surface area contributed by atoms with Gasteiger partial charge in [0, 0.05) is 11.8 Å². The Labute approximate surface area is 121 Å². The number of hydrazine groups is 1. The van der Waals surface area contributed by atoms with Crippen molar-refractivity contribution in [2.45, 2.75) is 20.3 Å². The Morgan fingerprint density at radius 2 is 2.25 bits per heavy atom. The number of rotatable bonds is 5. The van der Waals surface area contributed by atoms with Crippen LogP contribution in [0, 0.1) is 13.8 Å². The van der Waals surface area contributed by atoms with Gasteiger partial charge in [-0.1, -0.05) is 12.1 Å². The number of hydrogen-bond acceptors (Lipinski definition) is 5. The first kappa shape index (κ1) is 14.5. The van der Waals surface area contributed by atoms with Crippen LogP contribution in [0.4, 0.5) is 0 Å². The molecular weight excluding hydrogens is 274 g/mol. The topological polar surface area (TPSA) is 77.2 Å². The van der Waals surface area contributed by atoms with Crippen LogP contribution >= 0.6 is 11.3 Å². The minimum Gasteiger partial charge on any atom is -0.493 e. The van der Waals surface area contributed by atoms with E-state index in [0.717, 1.165) is 16.3 Å². The number of carbonyl (C=O) groups excluding carboxylic acids is 1. The third-order valence-electron chi connectivity index (χ3n) is 2.83. The second-order valence-electron chi connectivity index (χ2n) is 4.47. The van der Waals surface area contributed by atoms with E-state index in [0.29, 0.717) is 18.7 Å². The zero-order chi connectivity index (χ0) is 14.5. The van der Waals surface area contributed by atoms with Crippen molar-refractivity contribution in [3.05, 3.63) is 45.4 Å². The predicted molar refractivity (Wildman–Crippen MR) is 78.9 cm³/mol. The fraction of sp³-hybridized carbons (Fsp3) is 0.286. The van der Waals surface area contributed by atoms with Crippen molar-refractivity contribution in [1.29, 1.82) is 0 Å². The number of aromatic nitrogens is 1. The Kier molecular flexibility index (Phi) is 4.70. The van der Waals surface area contributed by atoms with Gasteiger partial charge < -0.3 is 4.74 Å². The third-order valence-corrected chi connectivity index (χ3v) is 3.74. The highest BCUT2D eigenvalue weighted by atomic mass is 32.1. The molecule has 5 nitrogen and oxygen atoms in total. The molecule has 3 N–H and O–H groups in total. The number of nitrogen functional groups attached to an aromatic ring is 1. The molecule has 0 aliphatic heterocycles. The molecule has 2 rings (SSSR count). The average Bonchev–Trinajstić information content (AvgIpc) is 2.90. The molecule has 1 aromatic carbocycles. The van der Waals surface area contributed by atoms with Gasteiger partial charge in [0.15, 0.2) is 0 Å². The molecule has 20 heavy (non-hydrogen) atoms. The highest BCUT2D eigenvalue weighted by Gasteiger charge is 2.09. The SMILES string of the molecule is Cc1ccc(C)c(OCCc2nc(C(=O)NN)cs2)c1. The van der Waals surface area contributed by atoms with Crippen LogP contribution in [0.3, 0.4) is 0 Å². The summed E-state index contributed by atoms with van der Waals surface area (Å²) in [6.45, 7) is 4.58. The van der Waals surface area contributed by atoms with Gasteiger partial charge in [-0.2, -0.15) is 0 Å². The first-order valence-electron chi connectivity index (χ1n) is 6.25. The number of amides is 1. The van der Waals surface area contributed by atoms with Gasteiger partial charge in [-0.3, -0.25) is 10.2 Å². The van der Waals surface area contributed by atoms with Crippen LogP contribution in [0.25, 0.3) is 0 Å². The van der Waals surface area contributed by atoms with Crippen LogP contribution in [-0.2, 0) is 6.42 Å². The Balaban J connectivity index is 1.91. The molecule has 106 valence electrons. The molecule has 0 fully saturated rings. The summed E-state index contributed by atoms with van der Waals surface area (Å²) in [5, 5.41) is 2.55. The zero-order valence-corrected chi connectivity index (χ0v) is 12.3. The third kappa shape index (κ3) is 3.55. The highest BCUT2D eigenvalue weighted by molar-refractivity contribution is 7.09. The summed E-state index contributed by atoms with van der Waals surface area (Å²) in [5.74, 6) is 5.58. The monoisotopic (exact) mass is 291 g/mol. The van der Waals surface area contributed by atoms with E-state index in [1.54, 1.807) is 5.38 Å². The van der Waals surface area contributed by atoms with Crippen LogP contribution in [0.5, 0.6) is 5.75 Å². The summed E-state index contributed by atoms with van der Waals surface area (Å²) in [5.41, 5.74) is 4.69. The number of carbonyl (C=O) groups is 1. The lowest BCUT2D eigenvalue weighted by atomic mass is 10.1. The molecule has 0 spiro atoms. The van der Waals surface area contributed by atoms with Crippen LogP contribution < -0.4 is 16.0 Å². The fourth-order valence-corrected chi connectivity index (χ4v) is 2.47. The number of nitrogens with one attached hydrogen (secondary N) is 1. The normalized spacial score (nSPS) is 10.3. The van der Waals surface area contributed by atoms with Crippen molar-refractivity contribution >= 4 is 17.2 Å². The second kappa shape index (κ2) is 6.49. The van der Waals surface area contributed by atoms with E-state index in [-0.39, 0.29) is 5.91 Å². The van der Waals surface area contributed by atoms with E-state index in [1.165, 1.54) is 16.9 Å². The fourth-order valence-electron chi connectivity index (χ4n) is 1.72. The Morgan fingerprint density at radius 1 is 1.45 bits per heavy atom. The summed E-state index contributed by atoms with van der Waals surface area (Å²) in [7, 11) is 0. The molecule has 1 aromatic heterocycles. The lowest BCUT2D eigenvalue weighted by Gasteiger charge is -2.08. The van der Waals surface area contributed by atoms with Gasteiger partial charge in [0.05, 0.1) is 11.6 Å². The molecule has 0 saturated carbocycles. The van der Waals surface area contributed by atoms with Crippen molar-refractivity contribution in [3.63, 3.8) is 0 Å². The molecule has 6 heteroatoms. The molecule has 0 unspecified atom stereocenters. The summed E-state index contributed by atoms with van der Waals surface area (Å²) in [4.78, 5) is 15.5. The number of benzene rings is 1. The number of nitrogens with two attached hydrogens (primary N) is 1. The van der Waals surface area contributed by atoms with Crippen LogP contribution in [-0.4, -0.2) is 17.5 Å². The van der Waals surface area contributed by atoms with Crippen LogP contribution in [0.15, 0.2) is 23.6 Å². The van der Waals surface area contributed by atoms with Gasteiger partial charge in [0.1, 0.15) is 11.4 Å². The van der Waals surface area contributed by atoms with Gasteiger partial charge in [-0.05, 0) is 31.0 Å². The van der Waals surface area contributed by atoms with Gasteiger partial charge in [0.25, 0.3) is 5.91 Å². The lowest BCUT2D eigenvalue weighted by Crippen LogP contribution is -2.30. The van der Waals surface area contributed by atoms with Crippen LogP contribution in [0.1, 0.15) is 26.6 Å². The molecule has 0 bridgehead atoms. The van der Waals surface area contributed by atoms with E-state index in [9.17, 15) is 4.79 Å². The first-order chi connectivity index (χ1) is 9.60. The minimum atomic E-state index is -0.372. The van der Waals surface area contributed by atoms with Gasteiger partial charge in [-0.15, -0.1) is 11.3 Å². The minimum absolute atomic E-state index is 0.347. The molecule has 0 atom stereocenters. The van der Waals surface area contributed by atoms with E-state index < -0.39 is 0 Å². The number of ether oxygens (including phenoxy) is 1. The van der Waals surface area contributed by atoms with E-state index in [2.05, 4.69) is 16.5 Å². The van der Waals surface area contributed by atoms with Gasteiger partial charge >= 0.3 is 0 Å². The molecule has 1 amide bonds. The Hall–Kier alpha value is -1.92. The van der Waals surface area contributed by atoms with E-state index in [1.807, 2.05) is 26.0 Å². The Bertz CT molecular complexity index is 610. The number of hydrogen-bond donors (Lipinski definition) is 2. The van der Waals surface area contributed by atoms with E-state index in [4.69, 9.17) is 10.6 Å². The summed E-state index contributed by atoms with van der Waals surface area (Å²) >= 11 is 1.43. The van der Waals surface area contributed by atoms with Gasteiger partial charge in [-0.25, -0.2) is 10.8 Å². The number of thiazole rings is 1. The van der Waals surface area contributed by atoms with Gasteiger partial charge in [0.2, 0.25) is 0 Å². The van der Waals surface area contributed by atoms with Crippen molar-refractivity contribution in [1.82, 2.24) is 10.4 Å². The molecular formula is C14H17N3O2S. The van der Waals surface area contributed by atoms with E-state index >= 15 is 0 Å². The van der Waals surface area contributed by atoms with Crippen molar-refractivity contribution in [3.8, 4) is 5.75 Å². The summed E-state index contributed by atoms with van der Waals surface area (Å²) in [6.07, 6.45) is 0.663. The molecule has 1 heterocycles. The number of nitrogens with zero attached hydrogens (tertiary/aromatic N) is 1. The zero-order valence-electron chi connectivity index (χ0n) is 11.5. The van der Waals surface area contributed by atoms with Crippen LogP contribution in [0.2, 0.25) is 0 Å². The largest absolute Gasteiger partial charge is 0.493 e. The molecule has 0 aliphatic rings. The molecule has 0 aliphatic carbocycles.